The number of carbonyl (C=O) groups is 1. The number of fused-ring (bicyclic) bond motifs is 1. The van der Waals surface area contributed by atoms with Gasteiger partial charge >= 0.3 is 0 Å². The molecule has 2 aliphatic carbocycles. The summed E-state index contributed by atoms with van der Waals surface area (Å²) in [4.78, 5) is 20.4. The Morgan fingerprint density at radius 2 is 1.86 bits per heavy atom. The highest BCUT2D eigenvalue weighted by molar-refractivity contribution is 7.97. The lowest BCUT2D eigenvalue weighted by Crippen LogP contribution is -2.33. The number of rotatable bonds is 6. The van der Waals surface area contributed by atoms with Crippen LogP contribution in [0.1, 0.15) is 61.5 Å². The number of amides is 1. The number of benzene rings is 3. The number of aromatic nitrogens is 2. The molecular formula is C33H37F3N4OS. The van der Waals surface area contributed by atoms with E-state index in [0.717, 1.165) is 29.1 Å². The second-order valence-electron chi connectivity index (χ2n) is 10.2. The van der Waals surface area contributed by atoms with Crippen molar-refractivity contribution in [3.8, 4) is 0 Å². The predicted octanol–water partition coefficient (Wildman–Crippen LogP) is 8.00. The molecule has 0 bridgehead atoms. The highest BCUT2D eigenvalue weighted by Crippen LogP contribution is 2.49. The number of carbonyl (C=O) groups excluding carboxylic acids is 1. The molecule has 222 valence electrons. The molecule has 1 saturated carbocycles. The van der Waals surface area contributed by atoms with E-state index >= 15 is 0 Å². The van der Waals surface area contributed by atoms with Gasteiger partial charge in [-0.3, -0.25) is 9.93 Å². The van der Waals surface area contributed by atoms with Crippen LogP contribution in [-0.4, -0.2) is 15.5 Å². The minimum atomic E-state index is -2.80. The zero-order valence-electron chi connectivity index (χ0n) is 24.1. The molecule has 0 unspecified atom stereocenters. The van der Waals surface area contributed by atoms with Crippen molar-refractivity contribution in [1.29, 1.82) is 0 Å². The lowest BCUT2D eigenvalue weighted by atomic mass is 9.88. The highest BCUT2D eigenvalue weighted by Gasteiger charge is 2.46. The Bertz CT molecular complexity index is 1480. The number of anilines is 1. The standard InChI is InChI=1S/C25H25F2N3O.C6H6FNS.C2H6/c1-29-13-12-28-23(29)16-30(24(31)21-15-20(21)17-6-3-2-4-7-17)19-9-10-22-18(14-19)8-5-11-25(22,26)27;7-5-2-1-3-6(4-5)9-8;1-2/h2-4,6-7,9-10,12-14,20-21H,5,8,11,15-16H2,1H3;1-4H,8H2;1-2H3/t20-,21+;;/m1../s1. The fraction of sp³-hybridized carbons (Fsp3) is 0.333. The van der Waals surface area contributed by atoms with E-state index in [2.05, 4.69) is 17.1 Å². The Kier molecular flexibility index (Phi) is 10.5. The van der Waals surface area contributed by atoms with Crippen molar-refractivity contribution < 1.29 is 18.0 Å². The zero-order valence-corrected chi connectivity index (χ0v) is 25.0. The average molecular weight is 595 g/mol. The van der Waals surface area contributed by atoms with E-state index in [0.29, 0.717) is 30.6 Å². The topological polar surface area (TPSA) is 64.2 Å². The first-order chi connectivity index (χ1) is 20.3. The Morgan fingerprint density at radius 3 is 2.50 bits per heavy atom. The number of nitrogens with two attached hydrogens (primary N) is 1. The third-order valence-corrected chi connectivity index (χ3v) is 8.01. The molecule has 5 nitrogen and oxygen atoms in total. The van der Waals surface area contributed by atoms with Crippen LogP contribution in [0.5, 0.6) is 0 Å². The summed E-state index contributed by atoms with van der Waals surface area (Å²) in [5.41, 5.74) is 2.58. The smallest absolute Gasteiger partial charge is 0.273 e. The third kappa shape index (κ3) is 7.44. The van der Waals surface area contributed by atoms with Gasteiger partial charge in [-0.1, -0.05) is 56.3 Å². The van der Waals surface area contributed by atoms with Crippen LogP contribution in [0.25, 0.3) is 0 Å². The van der Waals surface area contributed by atoms with Crippen LogP contribution in [0.2, 0.25) is 0 Å². The molecule has 4 aromatic rings. The maximum atomic E-state index is 14.3. The minimum Gasteiger partial charge on any atom is -0.337 e. The summed E-state index contributed by atoms with van der Waals surface area (Å²) in [5.74, 6) is -2.15. The number of aryl methyl sites for hydroxylation is 2. The van der Waals surface area contributed by atoms with Gasteiger partial charge in [-0.05, 0) is 78.6 Å². The van der Waals surface area contributed by atoms with E-state index in [4.69, 9.17) is 5.14 Å². The first-order valence-corrected chi connectivity index (χ1v) is 15.1. The quantitative estimate of drug-likeness (QED) is 0.230. The van der Waals surface area contributed by atoms with Crippen LogP contribution in [0.15, 0.2) is 90.1 Å². The largest absolute Gasteiger partial charge is 0.337 e. The molecule has 1 fully saturated rings. The highest BCUT2D eigenvalue weighted by atomic mass is 32.2. The van der Waals surface area contributed by atoms with Gasteiger partial charge in [0.05, 0.1) is 6.54 Å². The molecule has 0 spiro atoms. The Labute approximate surface area is 250 Å². The van der Waals surface area contributed by atoms with Gasteiger partial charge in [0, 0.05) is 47.9 Å². The molecule has 1 aromatic heterocycles. The van der Waals surface area contributed by atoms with Crippen LogP contribution in [0.4, 0.5) is 18.9 Å². The molecular weight excluding hydrogens is 557 g/mol. The van der Waals surface area contributed by atoms with E-state index in [1.54, 1.807) is 35.4 Å². The maximum Gasteiger partial charge on any atom is 0.273 e. The van der Waals surface area contributed by atoms with Gasteiger partial charge in [-0.2, -0.15) is 0 Å². The van der Waals surface area contributed by atoms with Crippen LogP contribution < -0.4 is 10.0 Å². The summed E-state index contributed by atoms with van der Waals surface area (Å²) in [6.45, 7) is 4.32. The Morgan fingerprint density at radius 1 is 1.10 bits per heavy atom. The van der Waals surface area contributed by atoms with Crippen molar-refractivity contribution >= 4 is 23.5 Å². The Hall–Kier alpha value is -3.56. The fourth-order valence-corrected chi connectivity index (χ4v) is 5.55. The van der Waals surface area contributed by atoms with Crippen molar-refractivity contribution in [2.75, 3.05) is 4.90 Å². The molecule has 1 amide bonds. The Balaban J connectivity index is 0.000000313. The lowest BCUT2D eigenvalue weighted by molar-refractivity contribution is -0.120. The molecule has 2 aliphatic rings. The van der Waals surface area contributed by atoms with Gasteiger partial charge in [-0.15, -0.1) is 0 Å². The van der Waals surface area contributed by atoms with Crippen molar-refractivity contribution in [3.05, 3.63) is 114 Å². The molecule has 3 aromatic carbocycles. The summed E-state index contributed by atoms with van der Waals surface area (Å²) in [5, 5.41) is 5.17. The van der Waals surface area contributed by atoms with Gasteiger partial charge < -0.3 is 9.47 Å². The van der Waals surface area contributed by atoms with Crippen LogP contribution in [-0.2, 0) is 30.7 Å². The molecule has 2 N–H and O–H groups in total. The van der Waals surface area contributed by atoms with Crippen LogP contribution in [0.3, 0.4) is 0 Å². The summed E-state index contributed by atoms with van der Waals surface area (Å²) >= 11 is 1.04. The normalized spacial score (nSPS) is 18.0. The number of halogens is 3. The molecule has 6 rings (SSSR count). The summed E-state index contributed by atoms with van der Waals surface area (Å²) in [6, 6.07) is 21.2. The fourth-order valence-electron chi connectivity index (χ4n) is 5.21. The zero-order chi connectivity index (χ0) is 30.3. The van der Waals surface area contributed by atoms with E-state index in [1.807, 2.05) is 49.9 Å². The van der Waals surface area contributed by atoms with E-state index in [1.165, 1.54) is 23.8 Å². The van der Waals surface area contributed by atoms with Crippen molar-refractivity contribution in [2.24, 2.45) is 18.1 Å². The van der Waals surface area contributed by atoms with Gasteiger partial charge in [0.25, 0.3) is 5.92 Å². The minimum absolute atomic E-state index is 0.0272. The molecule has 2 atom stereocenters. The SMILES string of the molecule is CC.Cn1ccnc1CN(C(=O)[C@H]1C[C@@H]1c1ccccc1)c1ccc2c(c1)CCCC2(F)F.NSc1cccc(F)c1. The number of imidazole rings is 1. The second-order valence-corrected chi connectivity index (χ2v) is 10.9. The summed E-state index contributed by atoms with van der Waals surface area (Å²) < 4.78 is 42.8. The average Bonchev–Trinajstić information content (AvgIpc) is 3.71. The third-order valence-electron chi connectivity index (χ3n) is 7.49. The van der Waals surface area contributed by atoms with E-state index in [-0.39, 0.29) is 35.5 Å². The van der Waals surface area contributed by atoms with Gasteiger partial charge in [0.2, 0.25) is 5.91 Å². The first kappa shape index (κ1) is 31.4. The molecule has 42 heavy (non-hydrogen) atoms. The lowest BCUT2D eigenvalue weighted by Gasteiger charge is -2.28. The van der Waals surface area contributed by atoms with E-state index in [9.17, 15) is 18.0 Å². The second kappa shape index (κ2) is 14.1. The van der Waals surface area contributed by atoms with Gasteiger partial charge in [-0.25, -0.2) is 18.2 Å². The molecule has 1 heterocycles. The number of hydrogen-bond acceptors (Lipinski definition) is 4. The van der Waals surface area contributed by atoms with Crippen molar-refractivity contribution in [2.45, 2.75) is 62.8 Å². The first-order valence-electron chi connectivity index (χ1n) is 14.2. The number of hydrogen-bond donors (Lipinski definition) is 1. The number of nitrogens with zero attached hydrogens (tertiary/aromatic N) is 3. The van der Waals surface area contributed by atoms with E-state index < -0.39 is 5.92 Å². The molecule has 9 heteroatoms. The summed E-state index contributed by atoms with van der Waals surface area (Å²) in [7, 11) is 1.89. The van der Waals surface area contributed by atoms with Crippen molar-refractivity contribution in [1.82, 2.24) is 9.55 Å². The molecule has 0 aliphatic heterocycles. The van der Waals surface area contributed by atoms with Crippen LogP contribution in [0, 0.1) is 11.7 Å². The monoisotopic (exact) mass is 594 g/mol. The predicted molar refractivity (Wildman–Crippen MR) is 163 cm³/mol. The van der Waals surface area contributed by atoms with Crippen LogP contribution >= 0.6 is 11.9 Å². The van der Waals surface area contributed by atoms with Gasteiger partial charge in [0.15, 0.2) is 0 Å². The summed E-state index contributed by atoms with van der Waals surface area (Å²) in [6.07, 6.45) is 5.30. The molecule has 0 saturated heterocycles. The molecule has 0 radical (unpaired) electrons. The number of alkyl halides is 2. The van der Waals surface area contributed by atoms with Crippen molar-refractivity contribution in [3.63, 3.8) is 0 Å². The maximum absolute atomic E-state index is 14.3. The van der Waals surface area contributed by atoms with Gasteiger partial charge in [0.1, 0.15) is 11.6 Å².